The summed E-state index contributed by atoms with van der Waals surface area (Å²) in [6.45, 7) is 2.75. The molecular formula is C30H31N3O4S. The van der Waals surface area contributed by atoms with Gasteiger partial charge in [-0.15, -0.1) is 11.3 Å². The number of nitrogens with one attached hydrogen (secondary N) is 1. The minimum atomic E-state index is -0.576. The van der Waals surface area contributed by atoms with Crippen molar-refractivity contribution in [2.24, 2.45) is 0 Å². The Morgan fingerprint density at radius 3 is 2.84 bits per heavy atom. The van der Waals surface area contributed by atoms with Crippen LogP contribution < -0.4 is 15.5 Å². The number of fused-ring (bicyclic) bond motifs is 2. The van der Waals surface area contributed by atoms with Crippen molar-refractivity contribution in [3.63, 3.8) is 0 Å². The molecule has 7 nitrogen and oxygen atoms in total. The molecule has 0 spiro atoms. The Balaban J connectivity index is 1.42. The van der Waals surface area contributed by atoms with E-state index in [0.29, 0.717) is 11.1 Å². The van der Waals surface area contributed by atoms with Crippen LogP contribution in [-0.2, 0) is 17.7 Å². The Bertz CT molecular complexity index is 1560. The van der Waals surface area contributed by atoms with Crippen LogP contribution in [0, 0.1) is 0 Å². The molecular weight excluding hydrogens is 498 g/mol. The van der Waals surface area contributed by atoms with Crippen molar-refractivity contribution in [3.8, 4) is 16.2 Å². The summed E-state index contributed by atoms with van der Waals surface area (Å²) in [6.07, 6.45) is 10.7. The molecule has 196 valence electrons. The van der Waals surface area contributed by atoms with Gasteiger partial charge in [-0.2, -0.15) is 0 Å². The average Bonchev–Trinajstić information content (AvgIpc) is 3.69. The summed E-state index contributed by atoms with van der Waals surface area (Å²) in [4.78, 5) is 32.7. The van der Waals surface area contributed by atoms with E-state index in [1.54, 1.807) is 37.8 Å². The van der Waals surface area contributed by atoms with Crippen LogP contribution in [0.25, 0.3) is 21.3 Å². The first-order valence-corrected chi connectivity index (χ1v) is 14.1. The zero-order valence-electron chi connectivity index (χ0n) is 21.7. The average molecular weight is 530 g/mol. The molecule has 1 N–H and O–H groups in total. The molecule has 0 amide bonds. The Labute approximate surface area is 225 Å². The zero-order valence-corrected chi connectivity index (χ0v) is 22.5. The van der Waals surface area contributed by atoms with Crippen molar-refractivity contribution >= 4 is 28.2 Å². The summed E-state index contributed by atoms with van der Waals surface area (Å²) in [5, 5.41) is 4.22. The van der Waals surface area contributed by atoms with Crippen LogP contribution in [0.3, 0.4) is 0 Å². The van der Waals surface area contributed by atoms with Crippen molar-refractivity contribution in [3.05, 3.63) is 80.7 Å². The number of carbonyl (C=O) groups excluding carboxylic acids is 1. The number of benzene rings is 1. The lowest BCUT2D eigenvalue weighted by Crippen LogP contribution is -2.23. The van der Waals surface area contributed by atoms with Crippen molar-refractivity contribution in [1.82, 2.24) is 14.9 Å². The number of methoxy groups -OCH3 is 1. The van der Waals surface area contributed by atoms with E-state index in [0.717, 1.165) is 54.6 Å². The first-order chi connectivity index (χ1) is 18.6. The van der Waals surface area contributed by atoms with Gasteiger partial charge >= 0.3 is 5.97 Å². The smallest absolute Gasteiger partial charge is 0.343 e. The minimum Gasteiger partial charge on any atom is -0.494 e. The summed E-state index contributed by atoms with van der Waals surface area (Å²) < 4.78 is 13.2. The molecule has 2 aliphatic carbocycles. The van der Waals surface area contributed by atoms with E-state index in [4.69, 9.17) is 9.47 Å². The highest BCUT2D eigenvalue weighted by Crippen LogP contribution is 2.46. The minimum absolute atomic E-state index is 0.0789. The third-order valence-electron chi connectivity index (χ3n) is 7.44. The van der Waals surface area contributed by atoms with Gasteiger partial charge in [-0.1, -0.05) is 6.07 Å². The second-order valence-corrected chi connectivity index (χ2v) is 11.1. The summed E-state index contributed by atoms with van der Waals surface area (Å²) in [7, 11) is 1.66. The van der Waals surface area contributed by atoms with Gasteiger partial charge in [-0.25, -0.2) is 4.79 Å². The molecule has 1 fully saturated rings. The second-order valence-electron chi connectivity index (χ2n) is 9.95. The van der Waals surface area contributed by atoms with E-state index in [1.165, 1.54) is 16.0 Å². The molecule has 1 unspecified atom stereocenters. The standard InChI is InChI=1S/C30H31N3O4S/c1-3-37-30(35)23-17-33(19-9-10-19)27-21(28(23)34)12-11-20(29(27)36-2)26-14-22-24(7-4-8-25(22)38-26)32-16-18-6-5-13-31-15-18/h5-6,11-15,17,19,24,32H,3-4,7-10,16H2,1-2H3. The van der Waals surface area contributed by atoms with Gasteiger partial charge in [-0.05, 0) is 74.4 Å². The van der Waals surface area contributed by atoms with Crippen molar-refractivity contribution in [1.29, 1.82) is 0 Å². The number of pyridine rings is 2. The largest absolute Gasteiger partial charge is 0.494 e. The molecule has 38 heavy (non-hydrogen) atoms. The number of aryl methyl sites for hydroxylation is 1. The number of hydrogen-bond acceptors (Lipinski definition) is 7. The van der Waals surface area contributed by atoms with Gasteiger partial charge in [0, 0.05) is 52.5 Å². The van der Waals surface area contributed by atoms with Gasteiger partial charge < -0.3 is 19.4 Å². The van der Waals surface area contributed by atoms with E-state index in [2.05, 4.69) is 27.0 Å². The molecule has 6 rings (SSSR count). The van der Waals surface area contributed by atoms with Crippen LogP contribution in [0.5, 0.6) is 5.75 Å². The van der Waals surface area contributed by atoms with Gasteiger partial charge in [0.15, 0.2) is 5.75 Å². The van der Waals surface area contributed by atoms with Crippen LogP contribution in [0.15, 0.2) is 53.7 Å². The highest BCUT2D eigenvalue weighted by molar-refractivity contribution is 7.15. The molecule has 2 aliphatic rings. The van der Waals surface area contributed by atoms with Gasteiger partial charge in [-0.3, -0.25) is 9.78 Å². The first-order valence-electron chi connectivity index (χ1n) is 13.3. The molecule has 8 heteroatoms. The Kier molecular flexibility index (Phi) is 6.76. The molecule has 3 heterocycles. The number of nitrogens with zero attached hydrogens (tertiary/aromatic N) is 2. The number of carbonyl (C=O) groups is 1. The summed E-state index contributed by atoms with van der Waals surface area (Å²) in [5.41, 5.74) is 4.01. The number of esters is 1. The highest BCUT2D eigenvalue weighted by atomic mass is 32.1. The van der Waals surface area contributed by atoms with Crippen LogP contribution in [0.4, 0.5) is 0 Å². The molecule has 0 saturated heterocycles. The van der Waals surface area contributed by atoms with Crippen LogP contribution in [-0.4, -0.2) is 29.2 Å². The van der Waals surface area contributed by atoms with Gasteiger partial charge in [0.05, 0.1) is 24.6 Å². The molecule has 4 aromatic rings. The summed E-state index contributed by atoms with van der Waals surface area (Å²) in [6, 6.07) is 10.7. The third-order valence-corrected chi connectivity index (χ3v) is 8.69. The number of hydrogen-bond donors (Lipinski definition) is 1. The molecule has 0 radical (unpaired) electrons. The fraction of sp³-hybridized carbons (Fsp3) is 0.367. The maximum atomic E-state index is 13.4. The Morgan fingerprint density at radius 1 is 1.24 bits per heavy atom. The van der Waals surface area contributed by atoms with Gasteiger partial charge in [0.2, 0.25) is 5.43 Å². The maximum Gasteiger partial charge on any atom is 0.343 e. The first kappa shape index (κ1) is 24.8. The summed E-state index contributed by atoms with van der Waals surface area (Å²) >= 11 is 1.81. The molecule has 0 bridgehead atoms. The topological polar surface area (TPSA) is 82.4 Å². The van der Waals surface area contributed by atoms with Gasteiger partial charge in [0.1, 0.15) is 5.56 Å². The lowest BCUT2D eigenvalue weighted by molar-refractivity contribution is 0.0524. The lowest BCUT2D eigenvalue weighted by atomic mass is 9.93. The number of thiophene rings is 1. The molecule has 3 aromatic heterocycles. The number of rotatable bonds is 8. The third kappa shape index (κ3) is 4.52. The van der Waals surface area contributed by atoms with Crippen LogP contribution in [0.1, 0.15) is 71.1 Å². The molecule has 1 atom stereocenters. The molecule has 1 aromatic carbocycles. The quantitative estimate of drug-likeness (QED) is 0.290. The normalized spacial score (nSPS) is 16.8. The monoisotopic (exact) mass is 529 g/mol. The predicted octanol–water partition coefficient (Wildman–Crippen LogP) is 5.81. The summed E-state index contributed by atoms with van der Waals surface area (Å²) in [5.74, 6) is 0.105. The molecule has 0 aliphatic heterocycles. The second kappa shape index (κ2) is 10.3. The van der Waals surface area contributed by atoms with Gasteiger partial charge in [0.25, 0.3) is 0 Å². The van der Waals surface area contributed by atoms with E-state index < -0.39 is 5.97 Å². The highest BCUT2D eigenvalue weighted by Gasteiger charge is 2.30. The zero-order chi connectivity index (χ0) is 26.2. The Hall–Kier alpha value is -3.49. The number of ether oxygens (including phenoxy) is 2. The molecule has 1 saturated carbocycles. The SMILES string of the molecule is CCOC(=O)c1cn(C2CC2)c2c(OC)c(-c3cc4c(s3)CCCC4NCc3cccnc3)ccc2c1=O. The Morgan fingerprint density at radius 2 is 2.11 bits per heavy atom. The lowest BCUT2D eigenvalue weighted by Gasteiger charge is -2.23. The van der Waals surface area contributed by atoms with Crippen LogP contribution in [0.2, 0.25) is 0 Å². The van der Waals surface area contributed by atoms with Crippen LogP contribution >= 0.6 is 11.3 Å². The van der Waals surface area contributed by atoms with Crippen molar-refractivity contribution in [2.45, 2.75) is 57.7 Å². The fourth-order valence-electron chi connectivity index (χ4n) is 5.46. The number of aromatic nitrogens is 2. The maximum absolute atomic E-state index is 13.4. The van der Waals surface area contributed by atoms with Crippen molar-refractivity contribution in [2.75, 3.05) is 13.7 Å². The predicted molar refractivity (Wildman–Crippen MR) is 149 cm³/mol. The van der Waals surface area contributed by atoms with Crippen molar-refractivity contribution < 1.29 is 14.3 Å². The van der Waals surface area contributed by atoms with E-state index in [1.807, 2.05) is 24.4 Å². The van der Waals surface area contributed by atoms with E-state index >= 15 is 0 Å². The van der Waals surface area contributed by atoms with E-state index in [-0.39, 0.29) is 29.7 Å². The fourth-order valence-corrected chi connectivity index (χ4v) is 6.75. The van der Waals surface area contributed by atoms with E-state index in [9.17, 15) is 9.59 Å².